The fraction of sp³-hybridized carbons (Fsp3) is 0.250. The Hall–Kier alpha value is -0.670. The first-order valence-electron chi connectivity index (χ1n) is 3.64. The number of para-hydroxylation sites is 1. The van der Waals surface area contributed by atoms with E-state index in [1.54, 1.807) is 11.9 Å². The van der Waals surface area contributed by atoms with Crippen molar-refractivity contribution in [1.82, 2.24) is 4.72 Å². The Labute approximate surface area is 70.5 Å². The standard InChI is InChI=1S/C8H10N2S/c1-6-9-7-4-2-3-5-8(7)11-10-6/h2-6,9-10H,1H3. The number of nitrogens with one attached hydrogen (secondary N) is 2. The topological polar surface area (TPSA) is 24.1 Å². The molecule has 1 aliphatic rings. The highest BCUT2D eigenvalue weighted by Crippen LogP contribution is 2.28. The molecule has 2 rings (SSSR count). The normalized spacial score (nSPS) is 22.1. The highest BCUT2D eigenvalue weighted by molar-refractivity contribution is 7.97. The van der Waals surface area contributed by atoms with Crippen molar-refractivity contribution >= 4 is 17.6 Å². The van der Waals surface area contributed by atoms with Gasteiger partial charge in [0.25, 0.3) is 0 Å². The molecule has 1 aromatic carbocycles. The molecule has 0 aromatic heterocycles. The molecular formula is C8H10N2S. The first-order valence-corrected chi connectivity index (χ1v) is 4.46. The van der Waals surface area contributed by atoms with Crippen LogP contribution < -0.4 is 10.0 Å². The molecule has 0 bridgehead atoms. The Morgan fingerprint density at radius 3 is 3.09 bits per heavy atom. The van der Waals surface area contributed by atoms with Gasteiger partial charge in [0.15, 0.2) is 0 Å². The van der Waals surface area contributed by atoms with Crippen molar-refractivity contribution < 1.29 is 0 Å². The molecule has 0 saturated carbocycles. The predicted molar refractivity (Wildman–Crippen MR) is 48.5 cm³/mol. The maximum absolute atomic E-state index is 3.33. The molecule has 11 heavy (non-hydrogen) atoms. The van der Waals surface area contributed by atoms with Crippen LogP contribution >= 0.6 is 11.9 Å². The zero-order chi connectivity index (χ0) is 7.68. The molecule has 1 atom stereocenters. The minimum absolute atomic E-state index is 0.356. The summed E-state index contributed by atoms with van der Waals surface area (Å²) in [6.07, 6.45) is 0.356. The van der Waals surface area contributed by atoms with E-state index in [-0.39, 0.29) is 0 Å². The monoisotopic (exact) mass is 166 g/mol. The summed E-state index contributed by atoms with van der Waals surface area (Å²) in [5, 5.41) is 3.33. The van der Waals surface area contributed by atoms with Crippen LogP contribution in [0.25, 0.3) is 0 Å². The summed E-state index contributed by atoms with van der Waals surface area (Å²) >= 11 is 1.68. The van der Waals surface area contributed by atoms with E-state index < -0.39 is 0 Å². The first kappa shape index (κ1) is 7.00. The van der Waals surface area contributed by atoms with E-state index in [0.29, 0.717) is 6.17 Å². The second-order valence-electron chi connectivity index (χ2n) is 2.58. The lowest BCUT2D eigenvalue weighted by Crippen LogP contribution is -2.31. The third-order valence-corrected chi connectivity index (χ3v) is 2.65. The minimum Gasteiger partial charge on any atom is -0.368 e. The zero-order valence-corrected chi connectivity index (χ0v) is 7.11. The van der Waals surface area contributed by atoms with E-state index in [1.807, 2.05) is 12.1 Å². The first-order chi connectivity index (χ1) is 5.36. The summed E-state index contributed by atoms with van der Waals surface area (Å²) < 4.78 is 3.24. The van der Waals surface area contributed by atoms with Gasteiger partial charge >= 0.3 is 0 Å². The van der Waals surface area contributed by atoms with E-state index in [9.17, 15) is 0 Å². The molecule has 0 fully saturated rings. The number of benzene rings is 1. The third-order valence-electron chi connectivity index (χ3n) is 1.60. The van der Waals surface area contributed by atoms with Crippen LogP contribution in [0.4, 0.5) is 5.69 Å². The maximum atomic E-state index is 3.33. The molecule has 1 aromatic rings. The van der Waals surface area contributed by atoms with Crippen molar-refractivity contribution in [1.29, 1.82) is 0 Å². The molecule has 0 amide bonds. The van der Waals surface area contributed by atoms with E-state index in [4.69, 9.17) is 0 Å². The van der Waals surface area contributed by atoms with Crippen LogP contribution in [-0.2, 0) is 0 Å². The molecular weight excluding hydrogens is 156 g/mol. The Morgan fingerprint density at radius 1 is 1.36 bits per heavy atom. The highest BCUT2D eigenvalue weighted by Gasteiger charge is 2.11. The van der Waals surface area contributed by atoms with Crippen molar-refractivity contribution in [3.05, 3.63) is 24.3 Å². The van der Waals surface area contributed by atoms with Crippen LogP contribution in [0.1, 0.15) is 6.92 Å². The second-order valence-corrected chi connectivity index (χ2v) is 3.46. The Bertz CT molecular complexity index is 262. The number of rotatable bonds is 0. The zero-order valence-electron chi connectivity index (χ0n) is 6.29. The Balaban J connectivity index is 2.34. The van der Waals surface area contributed by atoms with Gasteiger partial charge in [0.1, 0.15) is 0 Å². The van der Waals surface area contributed by atoms with Crippen molar-refractivity contribution in [2.45, 2.75) is 18.0 Å². The van der Waals surface area contributed by atoms with Crippen LogP contribution in [0.2, 0.25) is 0 Å². The lowest BCUT2D eigenvalue weighted by atomic mass is 10.3. The lowest BCUT2D eigenvalue weighted by molar-refractivity contribution is 0.772. The number of hydrogen-bond acceptors (Lipinski definition) is 3. The molecule has 2 N–H and O–H groups in total. The Kier molecular flexibility index (Phi) is 1.75. The van der Waals surface area contributed by atoms with Gasteiger partial charge in [-0.3, -0.25) is 0 Å². The molecule has 2 nitrogen and oxygen atoms in total. The molecule has 0 radical (unpaired) electrons. The minimum atomic E-state index is 0.356. The van der Waals surface area contributed by atoms with Crippen LogP contribution in [-0.4, -0.2) is 6.17 Å². The summed E-state index contributed by atoms with van der Waals surface area (Å²) in [5.41, 5.74) is 1.23. The van der Waals surface area contributed by atoms with Gasteiger partial charge in [-0.25, -0.2) is 4.72 Å². The van der Waals surface area contributed by atoms with E-state index in [0.717, 1.165) is 0 Å². The summed E-state index contributed by atoms with van der Waals surface area (Å²) in [6, 6.07) is 8.29. The van der Waals surface area contributed by atoms with E-state index in [1.165, 1.54) is 10.6 Å². The molecule has 3 heteroatoms. The fourth-order valence-corrected chi connectivity index (χ4v) is 1.84. The van der Waals surface area contributed by atoms with Crippen molar-refractivity contribution in [2.24, 2.45) is 0 Å². The smallest absolute Gasteiger partial charge is 0.0834 e. The van der Waals surface area contributed by atoms with Gasteiger partial charge in [-0.15, -0.1) is 0 Å². The average molecular weight is 166 g/mol. The highest BCUT2D eigenvalue weighted by atomic mass is 32.2. The number of fused-ring (bicyclic) bond motifs is 1. The summed E-state index contributed by atoms with van der Waals surface area (Å²) in [7, 11) is 0. The number of anilines is 1. The molecule has 0 saturated heterocycles. The van der Waals surface area contributed by atoms with Crippen LogP contribution in [0.3, 0.4) is 0 Å². The van der Waals surface area contributed by atoms with Crippen molar-refractivity contribution in [3.63, 3.8) is 0 Å². The Morgan fingerprint density at radius 2 is 2.18 bits per heavy atom. The molecule has 1 unspecified atom stereocenters. The van der Waals surface area contributed by atoms with Crippen molar-refractivity contribution in [2.75, 3.05) is 5.32 Å². The van der Waals surface area contributed by atoms with E-state index >= 15 is 0 Å². The van der Waals surface area contributed by atoms with Gasteiger partial charge in [-0.05, 0) is 31.0 Å². The maximum Gasteiger partial charge on any atom is 0.0834 e. The van der Waals surface area contributed by atoms with Gasteiger partial charge in [0.2, 0.25) is 0 Å². The molecule has 0 aliphatic carbocycles. The summed E-state index contributed by atoms with van der Waals surface area (Å²) in [5.74, 6) is 0. The van der Waals surface area contributed by atoms with Gasteiger partial charge in [-0.2, -0.15) is 0 Å². The van der Waals surface area contributed by atoms with Crippen molar-refractivity contribution in [3.8, 4) is 0 Å². The van der Waals surface area contributed by atoms with Gasteiger partial charge in [-0.1, -0.05) is 12.1 Å². The summed E-state index contributed by atoms with van der Waals surface area (Å²) in [4.78, 5) is 1.27. The quantitative estimate of drug-likeness (QED) is 0.577. The van der Waals surface area contributed by atoms with Gasteiger partial charge in [0, 0.05) is 4.90 Å². The molecule has 58 valence electrons. The van der Waals surface area contributed by atoms with E-state index in [2.05, 4.69) is 29.1 Å². The van der Waals surface area contributed by atoms with Crippen LogP contribution in [0, 0.1) is 0 Å². The predicted octanol–water partition coefficient (Wildman–Crippen LogP) is 2.05. The van der Waals surface area contributed by atoms with Gasteiger partial charge < -0.3 is 5.32 Å². The lowest BCUT2D eigenvalue weighted by Gasteiger charge is -2.23. The molecule has 1 aliphatic heterocycles. The third kappa shape index (κ3) is 1.34. The van der Waals surface area contributed by atoms with Gasteiger partial charge in [0.05, 0.1) is 11.9 Å². The largest absolute Gasteiger partial charge is 0.368 e. The fourth-order valence-electron chi connectivity index (χ4n) is 1.09. The SMILES string of the molecule is CC1NSc2ccccc2N1. The second kappa shape index (κ2) is 2.75. The number of hydrogen-bond donors (Lipinski definition) is 2. The molecule has 0 spiro atoms. The summed E-state index contributed by atoms with van der Waals surface area (Å²) in [6.45, 7) is 2.10. The molecule has 1 heterocycles. The van der Waals surface area contributed by atoms with Crippen LogP contribution in [0.5, 0.6) is 0 Å². The van der Waals surface area contributed by atoms with Crippen LogP contribution in [0.15, 0.2) is 29.2 Å². The average Bonchev–Trinajstić information content (AvgIpc) is 2.04.